The van der Waals surface area contributed by atoms with Gasteiger partial charge >= 0.3 is 27.4 Å². The van der Waals surface area contributed by atoms with Gasteiger partial charge in [-0.2, -0.15) is 13.1 Å². The average Bonchev–Trinajstić information content (AvgIpc) is 3.75. The number of hydrogen-bond acceptors (Lipinski definition) is 12. The minimum absolute atomic E-state index is 0.0697. The van der Waals surface area contributed by atoms with Gasteiger partial charge in [-0.1, -0.05) is 79.7 Å². The third-order valence-corrected chi connectivity index (χ3v) is 20.6. The third kappa shape index (κ3) is 7.24. The molecule has 14 nitrogen and oxygen atoms in total. The number of nitrogens with one attached hydrogen (secondary N) is 2. The largest absolute Gasteiger partial charge is 0.414 e. The number of aromatic nitrogens is 4. The molecule has 3 aromatic rings. The van der Waals surface area contributed by atoms with E-state index in [0.717, 1.165) is 12.8 Å². The monoisotopic (exact) mass is 736 g/mol. The molecule has 1 aliphatic heterocycles. The summed E-state index contributed by atoms with van der Waals surface area (Å²) in [6, 6.07) is 8.42. The zero-order valence-electron chi connectivity index (χ0n) is 30.1. The van der Waals surface area contributed by atoms with E-state index >= 15 is 0 Å². The highest BCUT2D eigenvalue weighted by Crippen LogP contribution is 2.46. The van der Waals surface area contributed by atoms with Gasteiger partial charge in [-0.25, -0.2) is 19.1 Å². The van der Waals surface area contributed by atoms with Crippen molar-refractivity contribution in [2.75, 3.05) is 19.5 Å². The summed E-state index contributed by atoms with van der Waals surface area (Å²) >= 11 is 0. The van der Waals surface area contributed by atoms with Crippen molar-refractivity contribution in [2.24, 2.45) is 0 Å². The van der Waals surface area contributed by atoms with Crippen LogP contribution >= 0.6 is 0 Å². The van der Waals surface area contributed by atoms with Gasteiger partial charge < -0.3 is 28.1 Å². The summed E-state index contributed by atoms with van der Waals surface area (Å²) in [5.41, 5.74) is 2.99. The van der Waals surface area contributed by atoms with Crippen molar-refractivity contribution in [2.45, 2.75) is 121 Å². The third-order valence-electron chi connectivity index (χ3n) is 9.87. The molecular formula is C32H52N6O8SSi2. The fourth-order valence-corrected chi connectivity index (χ4v) is 17.4. The Bertz CT molecular complexity index is 1690. The number of ether oxygens (including phenoxy) is 2. The van der Waals surface area contributed by atoms with E-state index in [1.165, 1.54) is 31.6 Å². The summed E-state index contributed by atoms with van der Waals surface area (Å²) in [5.74, 6) is 0.571. The number of imidazole rings is 1. The molecule has 1 aromatic carbocycles. The van der Waals surface area contributed by atoms with Gasteiger partial charge in [-0.05, 0) is 46.1 Å². The summed E-state index contributed by atoms with van der Waals surface area (Å²) in [7, 11) is -8.22. The average molecular weight is 737 g/mol. The molecule has 49 heavy (non-hydrogen) atoms. The highest BCUT2D eigenvalue weighted by atomic mass is 32.2. The van der Waals surface area contributed by atoms with E-state index in [0.29, 0.717) is 17.0 Å². The first-order valence-electron chi connectivity index (χ1n) is 17.0. The lowest BCUT2D eigenvalue weighted by atomic mass is 10.1. The lowest BCUT2D eigenvalue weighted by molar-refractivity contribution is -0.122. The topological polar surface area (TPSA) is 168 Å². The number of fused-ring (bicyclic) bond motifs is 2. The molecule has 1 saturated heterocycles. The number of anilines is 1. The zero-order chi connectivity index (χ0) is 35.9. The summed E-state index contributed by atoms with van der Waals surface area (Å²) < 4.78 is 61.6. The van der Waals surface area contributed by atoms with Crippen molar-refractivity contribution in [3.05, 3.63) is 48.0 Å². The molecule has 0 amide bonds. The molecule has 2 aliphatic rings. The van der Waals surface area contributed by atoms with Crippen LogP contribution in [0.3, 0.4) is 0 Å². The minimum atomic E-state index is -4.24. The van der Waals surface area contributed by atoms with Crippen LogP contribution in [0.15, 0.2) is 36.9 Å². The Kier molecular flexibility index (Phi) is 11.4. The lowest BCUT2D eigenvalue weighted by Crippen LogP contribution is -2.62. The van der Waals surface area contributed by atoms with Gasteiger partial charge in [0.1, 0.15) is 18.5 Å². The molecule has 1 fully saturated rings. The zero-order valence-corrected chi connectivity index (χ0v) is 32.9. The van der Waals surface area contributed by atoms with E-state index in [2.05, 4.69) is 37.1 Å². The predicted octanol–water partition coefficient (Wildman–Crippen LogP) is 5.19. The Balaban J connectivity index is 1.54. The molecule has 5 rings (SSSR count). The quantitative estimate of drug-likeness (QED) is 0.175. The molecule has 5 atom stereocenters. The highest BCUT2D eigenvalue weighted by Gasteiger charge is 2.60. The van der Waals surface area contributed by atoms with E-state index in [1.807, 2.05) is 67.5 Å². The Labute approximate surface area is 292 Å². The predicted molar refractivity (Wildman–Crippen MR) is 190 cm³/mol. The molecule has 3 heterocycles. The number of aryl methyl sites for hydroxylation is 1. The maximum atomic E-state index is 12.8. The van der Waals surface area contributed by atoms with Gasteiger partial charge in [0, 0.05) is 14.2 Å². The Morgan fingerprint density at radius 2 is 1.65 bits per heavy atom. The SMILES string of the molecule is CNS(=O)(=O)O[C@H]1O[C@@H](n2cnc3c(N[C@H]4CCc5ccccc54)ncnc32)[C@@H](OC)[C@H]1O[Si](O[Si](O)(C(C)C)C(C)C)(C(C)C)C(C)C. The van der Waals surface area contributed by atoms with Crippen LogP contribution in [0.1, 0.15) is 85.2 Å². The molecular weight excluding hydrogens is 685 g/mol. The molecule has 2 aromatic heterocycles. The molecule has 0 saturated carbocycles. The van der Waals surface area contributed by atoms with Crippen LogP contribution in [-0.4, -0.2) is 82.5 Å². The number of hydrogen-bond donors (Lipinski definition) is 3. The van der Waals surface area contributed by atoms with Crippen molar-refractivity contribution in [3.8, 4) is 0 Å². The van der Waals surface area contributed by atoms with Crippen molar-refractivity contribution < 1.29 is 35.4 Å². The van der Waals surface area contributed by atoms with Crippen LogP contribution in [0.25, 0.3) is 11.2 Å². The Morgan fingerprint density at radius 1 is 0.980 bits per heavy atom. The van der Waals surface area contributed by atoms with E-state index in [-0.39, 0.29) is 28.2 Å². The maximum absolute atomic E-state index is 12.8. The normalized spacial score (nSPS) is 23.4. The standard InChI is InChI=1S/C32H52N6O8SSi2/c1-19(2)48(41,20(3)4)46-49(21(5)6,22(7)8)45-28-27(42-10)31(43-32(28)44-47(39,40)33-9)38-18-36-26-29(34-17-35-30(26)38)37-25-16-15-23-13-11-12-14-24(23)25/h11-14,17-22,25,27-28,31-33,41H,15-16H2,1-10H3,(H,34,35,37)/t25-,27-,28+,31+,32+/m0/s1. The van der Waals surface area contributed by atoms with Gasteiger partial charge in [0.15, 0.2) is 23.2 Å². The highest BCUT2D eigenvalue weighted by molar-refractivity contribution is 7.84. The van der Waals surface area contributed by atoms with E-state index in [9.17, 15) is 13.2 Å². The first-order chi connectivity index (χ1) is 23.1. The lowest BCUT2D eigenvalue weighted by Gasteiger charge is -2.47. The van der Waals surface area contributed by atoms with Crippen molar-refractivity contribution >= 4 is 44.4 Å². The van der Waals surface area contributed by atoms with Crippen LogP contribution in [0.2, 0.25) is 22.2 Å². The molecule has 0 unspecified atom stereocenters. The van der Waals surface area contributed by atoms with Gasteiger partial charge in [0.25, 0.3) is 0 Å². The van der Waals surface area contributed by atoms with Gasteiger partial charge in [-0.3, -0.25) is 4.57 Å². The number of methoxy groups -OCH3 is 1. The fraction of sp³-hybridized carbons (Fsp3) is 0.656. The van der Waals surface area contributed by atoms with Crippen LogP contribution in [0, 0.1) is 0 Å². The molecule has 272 valence electrons. The minimum Gasteiger partial charge on any atom is -0.414 e. The molecule has 1 aliphatic carbocycles. The molecule has 0 bridgehead atoms. The van der Waals surface area contributed by atoms with Gasteiger partial charge in [0.2, 0.25) is 6.29 Å². The summed E-state index contributed by atoms with van der Waals surface area (Å²) in [4.78, 5) is 25.8. The van der Waals surface area contributed by atoms with Crippen LogP contribution in [0.5, 0.6) is 0 Å². The first kappa shape index (κ1) is 37.9. The van der Waals surface area contributed by atoms with E-state index < -0.39 is 52.2 Å². The molecule has 0 spiro atoms. The number of rotatable bonds is 15. The molecule has 0 radical (unpaired) electrons. The maximum Gasteiger partial charge on any atom is 0.338 e. The molecule has 3 N–H and O–H groups in total. The van der Waals surface area contributed by atoms with E-state index in [1.54, 1.807) is 10.9 Å². The number of nitrogens with zero attached hydrogens (tertiary/aromatic N) is 4. The second-order valence-corrected chi connectivity index (χ2v) is 24.2. The van der Waals surface area contributed by atoms with Crippen molar-refractivity contribution in [3.63, 3.8) is 0 Å². The van der Waals surface area contributed by atoms with Gasteiger partial charge in [-0.15, -0.1) is 0 Å². The second kappa shape index (κ2) is 14.7. The second-order valence-electron chi connectivity index (χ2n) is 14.1. The van der Waals surface area contributed by atoms with Crippen LogP contribution in [0.4, 0.5) is 5.82 Å². The summed E-state index contributed by atoms with van der Waals surface area (Å²) in [6.45, 7) is 15.9. The van der Waals surface area contributed by atoms with Crippen LogP contribution in [-0.2, 0) is 38.9 Å². The summed E-state index contributed by atoms with van der Waals surface area (Å²) in [5, 5.41) is 3.55. The number of benzene rings is 1. The first-order valence-corrected chi connectivity index (χ1v) is 22.4. The smallest absolute Gasteiger partial charge is 0.338 e. The summed E-state index contributed by atoms with van der Waals surface area (Å²) in [6.07, 6.45) is 0.583. The fourth-order valence-electron chi connectivity index (χ4n) is 7.04. The van der Waals surface area contributed by atoms with Crippen LogP contribution < -0.4 is 10.0 Å². The van der Waals surface area contributed by atoms with E-state index in [4.69, 9.17) is 22.2 Å². The van der Waals surface area contributed by atoms with Gasteiger partial charge in [0.05, 0.1) is 12.4 Å². The van der Waals surface area contributed by atoms with Crippen molar-refractivity contribution in [1.82, 2.24) is 24.2 Å². The Morgan fingerprint density at radius 3 is 2.27 bits per heavy atom. The van der Waals surface area contributed by atoms with Crippen molar-refractivity contribution in [1.29, 1.82) is 0 Å². The Hall–Kier alpha value is -2.33. The molecule has 17 heteroatoms.